The largest absolute Gasteiger partial charge is 0.493 e. The number of benzene rings is 1. The Kier molecular flexibility index (Phi) is 3.20. The van der Waals surface area contributed by atoms with Crippen LogP contribution in [0.15, 0.2) is 24.3 Å². The Morgan fingerprint density at radius 3 is 2.31 bits per heavy atom. The quantitative estimate of drug-likeness (QED) is 0.844. The Morgan fingerprint density at radius 1 is 1.25 bits per heavy atom. The summed E-state index contributed by atoms with van der Waals surface area (Å²) in [5.41, 5.74) is 7.44. The van der Waals surface area contributed by atoms with E-state index in [-0.39, 0.29) is 5.54 Å². The topological polar surface area (TPSA) is 35.2 Å². The summed E-state index contributed by atoms with van der Waals surface area (Å²) in [4.78, 5) is 0. The van der Waals surface area contributed by atoms with Gasteiger partial charge in [0.05, 0.1) is 6.61 Å². The van der Waals surface area contributed by atoms with Crippen molar-refractivity contribution < 1.29 is 4.74 Å². The minimum Gasteiger partial charge on any atom is -0.493 e. The Balaban J connectivity index is 1.99. The highest BCUT2D eigenvalue weighted by atomic mass is 16.5. The number of hydrogen-bond acceptors (Lipinski definition) is 2. The van der Waals surface area contributed by atoms with Crippen LogP contribution in [-0.4, -0.2) is 6.61 Å². The molecular formula is C14H21NO. The van der Waals surface area contributed by atoms with E-state index in [4.69, 9.17) is 10.5 Å². The van der Waals surface area contributed by atoms with Crippen molar-refractivity contribution in [2.24, 2.45) is 11.7 Å². The molecule has 2 nitrogen and oxygen atoms in total. The lowest BCUT2D eigenvalue weighted by molar-refractivity contribution is 0.252. The van der Waals surface area contributed by atoms with Crippen LogP contribution in [0.4, 0.5) is 0 Å². The van der Waals surface area contributed by atoms with E-state index < -0.39 is 0 Å². The summed E-state index contributed by atoms with van der Waals surface area (Å²) in [6.07, 6.45) is 3.47. The van der Waals surface area contributed by atoms with Crippen molar-refractivity contribution in [2.75, 3.05) is 6.61 Å². The van der Waals surface area contributed by atoms with E-state index in [1.165, 1.54) is 12.0 Å². The Labute approximate surface area is 97.8 Å². The molecule has 1 aromatic rings. The molecule has 0 bridgehead atoms. The highest BCUT2D eigenvalue weighted by molar-refractivity contribution is 5.33. The average molecular weight is 219 g/mol. The predicted octanol–water partition coefficient (Wildman–Crippen LogP) is 3.06. The third-order valence-electron chi connectivity index (χ3n) is 3.26. The maximum Gasteiger partial charge on any atom is 0.119 e. The van der Waals surface area contributed by atoms with Gasteiger partial charge < -0.3 is 10.5 Å². The number of nitrogens with two attached hydrogens (primary N) is 1. The summed E-state index contributed by atoms with van der Waals surface area (Å²) < 4.78 is 5.65. The van der Waals surface area contributed by atoms with E-state index in [0.717, 1.165) is 25.2 Å². The number of rotatable bonds is 4. The van der Waals surface area contributed by atoms with Gasteiger partial charge in [-0.2, -0.15) is 0 Å². The van der Waals surface area contributed by atoms with Gasteiger partial charge in [0.1, 0.15) is 5.75 Å². The van der Waals surface area contributed by atoms with Crippen LogP contribution in [0.1, 0.15) is 38.7 Å². The molecule has 0 unspecified atom stereocenters. The zero-order valence-corrected chi connectivity index (χ0v) is 10.2. The van der Waals surface area contributed by atoms with E-state index in [2.05, 4.69) is 26.0 Å². The Hall–Kier alpha value is -1.02. The van der Waals surface area contributed by atoms with Crippen LogP contribution in [0, 0.1) is 5.92 Å². The molecule has 0 spiro atoms. The lowest BCUT2D eigenvalue weighted by Gasteiger charge is -2.38. The van der Waals surface area contributed by atoms with E-state index in [1.807, 2.05) is 12.1 Å². The predicted molar refractivity (Wildman–Crippen MR) is 66.5 cm³/mol. The van der Waals surface area contributed by atoms with Gasteiger partial charge in [0.2, 0.25) is 0 Å². The summed E-state index contributed by atoms with van der Waals surface area (Å²) in [5.74, 6) is 1.51. The summed E-state index contributed by atoms with van der Waals surface area (Å²) >= 11 is 0. The molecule has 1 aromatic carbocycles. The third-order valence-corrected chi connectivity index (χ3v) is 3.26. The molecule has 1 fully saturated rings. The molecule has 0 amide bonds. The maximum absolute atomic E-state index is 6.26. The van der Waals surface area contributed by atoms with E-state index >= 15 is 0 Å². The molecule has 0 radical (unpaired) electrons. The van der Waals surface area contributed by atoms with Crippen molar-refractivity contribution in [3.8, 4) is 5.75 Å². The second kappa shape index (κ2) is 4.46. The normalized spacial score (nSPS) is 18.2. The molecule has 1 aliphatic carbocycles. The van der Waals surface area contributed by atoms with Crippen molar-refractivity contribution in [3.63, 3.8) is 0 Å². The number of hydrogen-bond donors (Lipinski definition) is 1. The molecule has 1 aliphatic rings. The molecule has 0 atom stereocenters. The molecular weight excluding hydrogens is 198 g/mol. The fourth-order valence-electron chi connectivity index (χ4n) is 1.99. The third kappa shape index (κ3) is 2.38. The minimum absolute atomic E-state index is 0.0590. The first-order valence-corrected chi connectivity index (χ1v) is 6.12. The molecule has 0 aromatic heterocycles. The lowest BCUT2D eigenvalue weighted by atomic mass is 9.73. The van der Waals surface area contributed by atoms with Gasteiger partial charge in [0.15, 0.2) is 0 Å². The van der Waals surface area contributed by atoms with Crippen molar-refractivity contribution in [1.82, 2.24) is 0 Å². The fraction of sp³-hybridized carbons (Fsp3) is 0.571. The van der Waals surface area contributed by atoms with Crippen LogP contribution in [0.25, 0.3) is 0 Å². The van der Waals surface area contributed by atoms with Gasteiger partial charge in [0, 0.05) is 5.54 Å². The monoisotopic (exact) mass is 219 g/mol. The number of ether oxygens (including phenoxy) is 1. The van der Waals surface area contributed by atoms with Crippen LogP contribution < -0.4 is 10.5 Å². The molecule has 88 valence electrons. The maximum atomic E-state index is 6.26. The van der Waals surface area contributed by atoms with Crippen LogP contribution in [-0.2, 0) is 5.54 Å². The summed E-state index contributed by atoms with van der Waals surface area (Å²) in [7, 11) is 0. The second-order valence-electron chi connectivity index (χ2n) is 5.24. The first-order chi connectivity index (χ1) is 7.60. The standard InChI is InChI=1S/C14H21NO/c1-11(2)10-16-13-6-4-12(5-7-13)14(15)8-3-9-14/h4-7,11H,3,8-10,15H2,1-2H3. The van der Waals surface area contributed by atoms with E-state index in [0.29, 0.717) is 5.92 Å². The van der Waals surface area contributed by atoms with Gasteiger partial charge in [-0.15, -0.1) is 0 Å². The zero-order chi connectivity index (χ0) is 11.6. The van der Waals surface area contributed by atoms with Crippen LogP contribution in [0.2, 0.25) is 0 Å². The molecule has 2 heteroatoms. The lowest BCUT2D eigenvalue weighted by Crippen LogP contribution is -2.43. The molecule has 0 saturated heterocycles. The van der Waals surface area contributed by atoms with Crippen molar-refractivity contribution >= 4 is 0 Å². The van der Waals surface area contributed by atoms with Gasteiger partial charge in [0.25, 0.3) is 0 Å². The fourth-order valence-corrected chi connectivity index (χ4v) is 1.99. The highest BCUT2D eigenvalue weighted by Gasteiger charge is 2.33. The molecule has 2 rings (SSSR count). The van der Waals surface area contributed by atoms with Gasteiger partial charge in [-0.3, -0.25) is 0 Å². The molecule has 0 heterocycles. The van der Waals surface area contributed by atoms with Crippen molar-refractivity contribution in [1.29, 1.82) is 0 Å². The minimum atomic E-state index is -0.0590. The SMILES string of the molecule is CC(C)COc1ccc(C2(N)CCC2)cc1. The van der Waals surface area contributed by atoms with Gasteiger partial charge in [-0.25, -0.2) is 0 Å². The first-order valence-electron chi connectivity index (χ1n) is 6.12. The first kappa shape index (κ1) is 11.5. The van der Waals surface area contributed by atoms with Crippen LogP contribution in [0.5, 0.6) is 5.75 Å². The van der Waals surface area contributed by atoms with Gasteiger partial charge in [-0.1, -0.05) is 26.0 Å². The summed E-state index contributed by atoms with van der Waals surface area (Å²) in [6, 6.07) is 8.28. The second-order valence-corrected chi connectivity index (χ2v) is 5.24. The van der Waals surface area contributed by atoms with E-state index in [9.17, 15) is 0 Å². The van der Waals surface area contributed by atoms with E-state index in [1.54, 1.807) is 0 Å². The van der Waals surface area contributed by atoms with Gasteiger partial charge >= 0.3 is 0 Å². The van der Waals surface area contributed by atoms with Crippen molar-refractivity contribution in [2.45, 2.75) is 38.6 Å². The summed E-state index contributed by atoms with van der Waals surface area (Å²) in [6.45, 7) is 5.07. The molecule has 16 heavy (non-hydrogen) atoms. The Morgan fingerprint density at radius 2 is 1.88 bits per heavy atom. The van der Waals surface area contributed by atoms with Crippen molar-refractivity contribution in [3.05, 3.63) is 29.8 Å². The zero-order valence-electron chi connectivity index (χ0n) is 10.2. The average Bonchev–Trinajstić information content (AvgIpc) is 2.24. The molecule has 2 N–H and O–H groups in total. The van der Waals surface area contributed by atoms with Gasteiger partial charge in [-0.05, 0) is 42.9 Å². The molecule has 1 saturated carbocycles. The Bertz CT molecular complexity index is 338. The van der Waals surface area contributed by atoms with Crippen LogP contribution in [0.3, 0.4) is 0 Å². The highest BCUT2D eigenvalue weighted by Crippen LogP contribution is 2.38. The summed E-state index contributed by atoms with van der Waals surface area (Å²) in [5, 5.41) is 0. The van der Waals surface area contributed by atoms with Crippen LogP contribution >= 0.6 is 0 Å². The molecule has 0 aliphatic heterocycles. The smallest absolute Gasteiger partial charge is 0.119 e.